The Bertz CT molecular complexity index is 268. The van der Waals surface area contributed by atoms with E-state index < -0.39 is 5.60 Å². The van der Waals surface area contributed by atoms with E-state index in [1.54, 1.807) is 0 Å². The monoisotopic (exact) mass is 228 g/mol. The molecule has 0 aromatic heterocycles. The van der Waals surface area contributed by atoms with E-state index in [9.17, 15) is 9.90 Å². The molecule has 0 amide bonds. The number of esters is 1. The van der Waals surface area contributed by atoms with Gasteiger partial charge in [0.05, 0.1) is 12.2 Å². The van der Waals surface area contributed by atoms with E-state index in [0.717, 1.165) is 12.8 Å². The summed E-state index contributed by atoms with van der Waals surface area (Å²) in [6.45, 7) is 10.1. The van der Waals surface area contributed by atoms with Crippen LogP contribution in [0.3, 0.4) is 0 Å². The molecule has 1 aliphatic carbocycles. The zero-order chi connectivity index (χ0) is 12.6. The van der Waals surface area contributed by atoms with Crippen molar-refractivity contribution in [1.29, 1.82) is 0 Å². The van der Waals surface area contributed by atoms with Crippen LogP contribution in [-0.4, -0.2) is 23.3 Å². The molecule has 1 saturated carbocycles. The van der Waals surface area contributed by atoms with Crippen LogP contribution < -0.4 is 0 Å². The van der Waals surface area contributed by atoms with Gasteiger partial charge in [-0.15, -0.1) is 0 Å². The molecule has 0 aliphatic heterocycles. The normalized spacial score (nSPS) is 38.1. The predicted molar refractivity (Wildman–Crippen MR) is 62.9 cm³/mol. The van der Waals surface area contributed by atoms with Crippen LogP contribution >= 0.6 is 0 Å². The van der Waals surface area contributed by atoms with E-state index in [1.165, 1.54) is 6.92 Å². The van der Waals surface area contributed by atoms with Crippen molar-refractivity contribution in [2.45, 2.75) is 53.1 Å². The van der Waals surface area contributed by atoms with Gasteiger partial charge in [-0.05, 0) is 31.1 Å². The number of aliphatic hydroxyl groups is 1. The Balaban J connectivity index is 2.83. The number of carbonyl (C=O) groups excluding carboxylic acids is 1. The molecule has 3 unspecified atom stereocenters. The van der Waals surface area contributed by atoms with Gasteiger partial charge in [-0.2, -0.15) is 0 Å². The molecule has 0 saturated heterocycles. The summed E-state index contributed by atoms with van der Waals surface area (Å²) in [7, 11) is 0. The van der Waals surface area contributed by atoms with Crippen molar-refractivity contribution < 1.29 is 14.6 Å². The fourth-order valence-electron chi connectivity index (χ4n) is 2.79. The lowest BCUT2D eigenvalue weighted by atomic mass is 9.57. The van der Waals surface area contributed by atoms with Crippen LogP contribution in [0.2, 0.25) is 0 Å². The second-order valence-electron chi connectivity index (χ2n) is 5.97. The first-order valence-electron chi connectivity index (χ1n) is 6.03. The molecule has 0 heterocycles. The van der Waals surface area contributed by atoms with Crippen molar-refractivity contribution in [2.24, 2.45) is 17.3 Å². The Kier molecular flexibility index (Phi) is 3.68. The van der Waals surface area contributed by atoms with Crippen LogP contribution in [0.5, 0.6) is 0 Å². The molecule has 1 rings (SSSR count). The highest BCUT2D eigenvalue weighted by molar-refractivity contribution is 5.65. The molecule has 0 aromatic rings. The number of ether oxygens (including phenoxy) is 1. The second-order valence-corrected chi connectivity index (χ2v) is 5.97. The summed E-state index contributed by atoms with van der Waals surface area (Å²) in [4.78, 5) is 10.9. The molecule has 3 heteroatoms. The van der Waals surface area contributed by atoms with Crippen LogP contribution in [0.4, 0.5) is 0 Å². The summed E-state index contributed by atoms with van der Waals surface area (Å²) >= 11 is 0. The zero-order valence-electron chi connectivity index (χ0n) is 11.0. The van der Waals surface area contributed by atoms with Gasteiger partial charge in [-0.25, -0.2) is 0 Å². The molecule has 94 valence electrons. The largest absolute Gasteiger partial charge is 0.465 e. The highest BCUT2D eigenvalue weighted by atomic mass is 16.5. The Labute approximate surface area is 98.2 Å². The molecular weight excluding hydrogens is 204 g/mol. The Morgan fingerprint density at radius 2 is 2.00 bits per heavy atom. The fourth-order valence-corrected chi connectivity index (χ4v) is 2.79. The third-order valence-electron chi connectivity index (χ3n) is 4.46. The maximum atomic E-state index is 10.9. The van der Waals surface area contributed by atoms with Crippen molar-refractivity contribution in [3.8, 4) is 0 Å². The van der Waals surface area contributed by atoms with Gasteiger partial charge < -0.3 is 9.84 Å². The molecule has 16 heavy (non-hydrogen) atoms. The molecule has 1 fully saturated rings. The average Bonchev–Trinajstić information content (AvgIpc) is 2.11. The molecule has 1 N–H and O–H groups in total. The first-order chi connectivity index (χ1) is 7.18. The van der Waals surface area contributed by atoms with Gasteiger partial charge in [0.25, 0.3) is 0 Å². The SMILES string of the molecule is CC(=O)OCC1C(C)(O)CCC(C)C1(C)C. The minimum absolute atomic E-state index is 0.00278. The van der Waals surface area contributed by atoms with E-state index in [0.29, 0.717) is 12.5 Å². The maximum Gasteiger partial charge on any atom is 0.302 e. The summed E-state index contributed by atoms with van der Waals surface area (Å²) in [5, 5.41) is 10.4. The minimum Gasteiger partial charge on any atom is -0.465 e. The third kappa shape index (κ3) is 2.57. The summed E-state index contributed by atoms with van der Waals surface area (Å²) in [6, 6.07) is 0. The van der Waals surface area contributed by atoms with Crippen molar-refractivity contribution in [1.82, 2.24) is 0 Å². The lowest BCUT2D eigenvalue weighted by molar-refractivity contribution is -0.160. The minimum atomic E-state index is -0.731. The van der Waals surface area contributed by atoms with Crippen molar-refractivity contribution in [2.75, 3.05) is 6.61 Å². The van der Waals surface area contributed by atoms with Crippen LogP contribution in [0, 0.1) is 17.3 Å². The molecule has 0 spiro atoms. The Hall–Kier alpha value is -0.570. The molecule has 0 bridgehead atoms. The van der Waals surface area contributed by atoms with Crippen LogP contribution in [0.15, 0.2) is 0 Å². The van der Waals surface area contributed by atoms with Gasteiger partial charge in [0.15, 0.2) is 0 Å². The van der Waals surface area contributed by atoms with E-state index >= 15 is 0 Å². The number of rotatable bonds is 2. The van der Waals surface area contributed by atoms with E-state index in [2.05, 4.69) is 20.8 Å². The average molecular weight is 228 g/mol. The van der Waals surface area contributed by atoms with Gasteiger partial charge in [0, 0.05) is 12.8 Å². The predicted octanol–water partition coefficient (Wildman–Crippen LogP) is 2.37. The Morgan fingerprint density at radius 3 is 2.50 bits per heavy atom. The van der Waals surface area contributed by atoms with Gasteiger partial charge in [0.2, 0.25) is 0 Å². The van der Waals surface area contributed by atoms with Crippen LogP contribution in [-0.2, 0) is 9.53 Å². The molecular formula is C13H24O3. The van der Waals surface area contributed by atoms with E-state index in [-0.39, 0.29) is 17.3 Å². The van der Waals surface area contributed by atoms with E-state index in [4.69, 9.17) is 4.74 Å². The molecule has 3 nitrogen and oxygen atoms in total. The zero-order valence-corrected chi connectivity index (χ0v) is 11.0. The van der Waals surface area contributed by atoms with Crippen LogP contribution in [0.25, 0.3) is 0 Å². The van der Waals surface area contributed by atoms with Crippen molar-refractivity contribution in [3.05, 3.63) is 0 Å². The second kappa shape index (κ2) is 4.36. The highest BCUT2D eigenvalue weighted by Crippen LogP contribution is 2.49. The molecule has 1 aliphatic rings. The lowest BCUT2D eigenvalue weighted by Crippen LogP contribution is -2.52. The van der Waals surface area contributed by atoms with Crippen molar-refractivity contribution in [3.63, 3.8) is 0 Å². The standard InChI is InChI=1S/C13H24O3/c1-9-6-7-13(5,15)11(12(9,3)4)8-16-10(2)14/h9,11,15H,6-8H2,1-5H3. The first-order valence-corrected chi connectivity index (χ1v) is 6.03. The van der Waals surface area contributed by atoms with E-state index in [1.807, 2.05) is 6.92 Å². The summed E-state index contributed by atoms with van der Waals surface area (Å²) in [5.74, 6) is 0.269. The van der Waals surface area contributed by atoms with Gasteiger partial charge >= 0.3 is 5.97 Å². The smallest absolute Gasteiger partial charge is 0.302 e. The van der Waals surface area contributed by atoms with Gasteiger partial charge in [-0.1, -0.05) is 20.8 Å². The summed E-state index contributed by atoms with van der Waals surface area (Å²) in [6.07, 6.45) is 1.81. The number of hydrogen-bond donors (Lipinski definition) is 1. The first kappa shape index (κ1) is 13.5. The summed E-state index contributed by atoms with van der Waals surface area (Å²) < 4.78 is 5.10. The lowest BCUT2D eigenvalue weighted by Gasteiger charge is -2.51. The molecule has 0 radical (unpaired) electrons. The molecule has 0 aromatic carbocycles. The van der Waals surface area contributed by atoms with Crippen molar-refractivity contribution >= 4 is 5.97 Å². The quantitative estimate of drug-likeness (QED) is 0.738. The highest BCUT2D eigenvalue weighted by Gasteiger charge is 2.49. The maximum absolute atomic E-state index is 10.9. The van der Waals surface area contributed by atoms with Gasteiger partial charge in [0.1, 0.15) is 0 Å². The number of carbonyl (C=O) groups is 1. The Morgan fingerprint density at radius 1 is 1.44 bits per heavy atom. The summed E-state index contributed by atoms with van der Waals surface area (Å²) in [5.41, 5.74) is -0.733. The third-order valence-corrected chi connectivity index (χ3v) is 4.46. The molecule has 3 atom stereocenters. The fraction of sp³-hybridized carbons (Fsp3) is 0.923. The number of hydrogen-bond acceptors (Lipinski definition) is 3. The van der Waals surface area contributed by atoms with Gasteiger partial charge in [-0.3, -0.25) is 4.79 Å². The topological polar surface area (TPSA) is 46.5 Å². The van der Waals surface area contributed by atoms with Crippen LogP contribution in [0.1, 0.15) is 47.5 Å².